The van der Waals surface area contributed by atoms with Crippen molar-refractivity contribution in [2.75, 3.05) is 0 Å². The standard InChI is InChI=1S/C14H12NO2/c16-11-13-8-4-5-9-15(13)10-14(17)12-6-2-1-3-7-12/h1-9,11H,10H2/q+1. The van der Waals surface area contributed by atoms with E-state index in [0.717, 1.165) is 6.29 Å². The molecular weight excluding hydrogens is 214 g/mol. The fourth-order valence-corrected chi connectivity index (χ4v) is 1.61. The molecule has 1 heterocycles. The summed E-state index contributed by atoms with van der Waals surface area (Å²) in [7, 11) is 0. The van der Waals surface area contributed by atoms with Gasteiger partial charge in [-0.3, -0.25) is 9.59 Å². The first-order valence-electron chi connectivity index (χ1n) is 5.33. The zero-order valence-corrected chi connectivity index (χ0v) is 9.24. The van der Waals surface area contributed by atoms with E-state index in [2.05, 4.69) is 0 Å². The molecule has 3 heteroatoms. The lowest BCUT2D eigenvalue weighted by Crippen LogP contribution is -2.41. The molecule has 17 heavy (non-hydrogen) atoms. The molecule has 0 aliphatic carbocycles. The van der Waals surface area contributed by atoms with Gasteiger partial charge in [-0.2, -0.15) is 4.57 Å². The Morgan fingerprint density at radius 2 is 1.76 bits per heavy atom. The summed E-state index contributed by atoms with van der Waals surface area (Å²) >= 11 is 0. The molecule has 0 N–H and O–H groups in total. The van der Waals surface area contributed by atoms with Gasteiger partial charge < -0.3 is 0 Å². The van der Waals surface area contributed by atoms with Crippen LogP contribution >= 0.6 is 0 Å². The molecule has 0 fully saturated rings. The highest BCUT2D eigenvalue weighted by molar-refractivity contribution is 5.95. The quantitative estimate of drug-likeness (QED) is 0.452. The zero-order valence-electron chi connectivity index (χ0n) is 9.24. The van der Waals surface area contributed by atoms with Crippen molar-refractivity contribution < 1.29 is 14.2 Å². The van der Waals surface area contributed by atoms with Crippen LogP contribution in [0.15, 0.2) is 54.7 Å². The van der Waals surface area contributed by atoms with Crippen molar-refractivity contribution in [3.8, 4) is 0 Å². The first-order valence-corrected chi connectivity index (χ1v) is 5.33. The molecule has 2 aromatic rings. The maximum absolute atomic E-state index is 11.9. The lowest BCUT2D eigenvalue weighted by atomic mass is 10.1. The Balaban J connectivity index is 2.22. The third kappa shape index (κ3) is 2.64. The molecule has 0 atom stereocenters. The zero-order chi connectivity index (χ0) is 12.1. The van der Waals surface area contributed by atoms with Crippen LogP contribution in [0.5, 0.6) is 0 Å². The maximum Gasteiger partial charge on any atom is 0.245 e. The highest BCUT2D eigenvalue weighted by atomic mass is 16.1. The number of hydrogen-bond acceptors (Lipinski definition) is 2. The molecule has 3 nitrogen and oxygen atoms in total. The summed E-state index contributed by atoms with van der Waals surface area (Å²) in [6.45, 7) is 0.179. The van der Waals surface area contributed by atoms with Crippen LogP contribution in [0.25, 0.3) is 0 Å². The molecule has 0 amide bonds. The molecule has 0 saturated carbocycles. The third-order valence-corrected chi connectivity index (χ3v) is 2.51. The normalized spacial score (nSPS) is 9.88. The van der Waals surface area contributed by atoms with Gasteiger partial charge in [0.2, 0.25) is 24.3 Å². The topological polar surface area (TPSA) is 38.0 Å². The smallest absolute Gasteiger partial charge is 0.245 e. The molecule has 0 unspecified atom stereocenters. The molecule has 0 aliphatic rings. The minimum atomic E-state index is -0.00935. The van der Waals surface area contributed by atoms with Gasteiger partial charge in [-0.1, -0.05) is 30.3 Å². The fraction of sp³-hybridized carbons (Fsp3) is 0.0714. The molecule has 1 aromatic heterocycles. The largest absolute Gasteiger partial charge is 0.291 e. The van der Waals surface area contributed by atoms with Gasteiger partial charge in [0.15, 0.2) is 6.20 Å². The predicted molar refractivity (Wildman–Crippen MR) is 62.8 cm³/mol. The van der Waals surface area contributed by atoms with E-state index in [4.69, 9.17) is 0 Å². The lowest BCUT2D eigenvalue weighted by molar-refractivity contribution is -0.684. The van der Waals surface area contributed by atoms with Crippen LogP contribution in [0, 0.1) is 0 Å². The van der Waals surface area contributed by atoms with E-state index in [1.54, 1.807) is 41.1 Å². The number of aldehydes is 1. The van der Waals surface area contributed by atoms with Crippen LogP contribution in [-0.4, -0.2) is 12.1 Å². The minimum absolute atomic E-state index is 0.00935. The lowest BCUT2D eigenvalue weighted by Gasteiger charge is -1.99. The van der Waals surface area contributed by atoms with Crippen LogP contribution in [-0.2, 0) is 6.54 Å². The molecule has 0 bridgehead atoms. The number of hydrogen-bond donors (Lipinski definition) is 0. The number of carbonyl (C=O) groups excluding carboxylic acids is 2. The Labute approximate surface area is 99.3 Å². The molecule has 0 aliphatic heterocycles. The van der Waals surface area contributed by atoms with Gasteiger partial charge in [0.1, 0.15) is 0 Å². The number of carbonyl (C=O) groups is 2. The minimum Gasteiger partial charge on any atom is -0.291 e. The van der Waals surface area contributed by atoms with Crippen LogP contribution in [0.3, 0.4) is 0 Å². The number of nitrogens with zero attached hydrogens (tertiary/aromatic N) is 1. The Bertz CT molecular complexity index is 535. The Morgan fingerprint density at radius 1 is 1.06 bits per heavy atom. The number of rotatable bonds is 4. The molecule has 0 saturated heterocycles. The second-order valence-corrected chi connectivity index (χ2v) is 3.66. The number of pyridine rings is 1. The highest BCUT2D eigenvalue weighted by Gasteiger charge is 2.14. The van der Waals surface area contributed by atoms with E-state index in [0.29, 0.717) is 11.3 Å². The van der Waals surface area contributed by atoms with Crippen molar-refractivity contribution in [2.45, 2.75) is 6.54 Å². The Morgan fingerprint density at radius 3 is 2.47 bits per heavy atom. The number of benzene rings is 1. The van der Waals surface area contributed by atoms with Gasteiger partial charge in [-0.25, -0.2) is 0 Å². The van der Waals surface area contributed by atoms with E-state index in [9.17, 15) is 9.59 Å². The number of aromatic nitrogens is 1. The number of ketones is 1. The summed E-state index contributed by atoms with van der Waals surface area (Å²) in [4.78, 5) is 22.8. The molecule has 1 aromatic carbocycles. The second kappa shape index (κ2) is 5.16. The Hall–Kier alpha value is -2.29. The van der Waals surface area contributed by atoms with E-state index in [-0.39, 0.29) is 12.3 Å². The summed E-state index contributed by atoms with van der Waals surface area (Å²) in [5.74, 6) is -0.00935. The number of Topliss-reactive ketones (excluding diaryl/α,β-unsaturated/α-hetero) is 1. The summed E-state index contributed by atoms with van der Waals surface area (Å²) in [6, 6.07) is 14.3. The SMILES string of the molecule is O=Cc1cccc[n+]1CC(=O)c1ccccc1. The van der Waals surface area contributed by atoms with E-state index >= 15 is 0 Å². The first-order chi connectivity index (χ1) is 8.31. The maximum atomic E-state index is 11.9. The Kier molecular flexibility index (Phi) is 3.40. The van der Waals surface area contributed by atoms with Gasteiger partial charge in [0.05, 0.1) is 0 Å². The van der Waals surface area contributed by atoms with Gasteiger partial charge >= 0.3 is 0 Å². The fourth-order valence-electron chi connectivity index (χ4n) is 1.61. The van der Waals surface area contributed by atoms with Crippen molar-refractivity contribution in [2.24, 2.45) is 0 Å². The van der Waals surface area contributed by atoms with Gasteiger partial charge in [-0.05, 0) is 6.07 Å². The van der Waals surface area contributed by atoms with Crippen molar-refractivity contribution in [3.05, 3.63) is 66.0 Å². The molecular formula is C14H12NO2+. The van der Waals surface area contributed by atoms with Crippen molar-refractivity contribution >= 4 is 12.1 Å². The third-order valence-electron chi connectivity index (χ3n) is 2.51. The summed E-state index contributed by atoms with van der Waals surface area (Å²) in [5, 5.41) is 0. The predicted octanol–water partition coefficient (Wildman–Crippen LogP) is 1.67. The van der Waals surface area contributed by atoms with Crippen molar-refractivity contribution in [3.63, 3.8) is 0 Å². The average molecular weight is 226 g/mol. The van der Waals surface area contributed by atoms with Crippen LogP contribution in [0.1, 0.15) is 20.8 Å². The van der Waals surface area contributed by atoms with Crippen LogP contribution in [0.4, 0.5) is 0 Å². The van der Waals surface area contributed by atoms with E-state index < -0.39 is 0 Å². The van der Waals surface area contributed by atoms with Gasteiger partial charge in [0.25, 0.3) is 0 Å². The van der Waals surface area contributed by atoms with E-state index in [1.807, 2.05) is 18.2 Å². The molecule has 0 radical (unpaired) electrons. The summed E-state index contributed by atoms with van der Waals surface area (Å²) in [6.07, 6.45) is 2.48. The molecule has 2 rings (SSSR count). The van der Waals surface area contributed by atoms with Crippen molar-refractivity contribution in [1.82, 2.24) is 0 Å². The van der Waals surface area contributed by atoms with Crippen LogP contribution in [0.2, 0.25) is 0 Å². The molecule has 0 spiro atoms. The van der Waals surface area contributed by atoms with Gasteiger partial charge in [0, 0.05) is 17.7 Å². The highest BCUT2D eigenvalue weighted by Crippen LogP contribution is 2.00. The second-order valence-electron chi connectivity index (χ2n) is 3.66. The monoisotopic (exact) mass is 226 g/mol. The van der Waals surface area contributed by atoms with Crippen LogP contribution < -0.4 is 4.57 Å². The average Bonchev–Trinajstić information content (AvgIpc) is 2.40. The molecule has 84 valence electrons. The van der Waals surface area contributed by atoms with Crippen molar-refractivity contribution in [1.29, 1.82) is 0 Å². The summed E-state index contributed by atoms with van der Waals surface area (Å²) < 4.78 is 1.64. The van der Waals surface area contributed by atoms with E-state index in [1.165, 1.54) is 0 Å². The van der Waals surface area contributed by atoms with Gasteiger partial charge in [-0.15, -0.1) is 0 Å². The summed E-state index contributed by atoms with van der Waals surface area (Å²) in [5.41, 5.74) is 1.15. The first kappa shape index (κ1) is 11.2.